The maximum absolute atomic E-state index is 4.39. The number of rotatable bonds is 2. The van der Waals surface area contributed by atoms with Crippen LogP contribution in [0.2, 0.25) is 0 Å². The van der Waals surface area contributed by atoms with Crippen molar-refractivity contribution < 1.29 is 0 Å². The van der Waals surface area contributed by atoms with Crippen LogP contribution in [0.4, 0.5) is 0 Å². The molecule has 1 heterocycles. The molecule has 0 amide bonds. The lowest BCUT2D eigenvalue weighted by molar-refractivity contribution is 0.651. The van der Waals surface area contributed by atoms with Crippen molar-refractivity contribution in [2.75, 3.05) is 0 Å². The smallest absolute Gasteiger partial charge is 0.0544 e. The minimum atomic E-state index is -0.101. The summed E-state index contributed by atoms with van der Waals surface area (Å²) in [6, 6.07) is 5.99. The van der Waals surface area contributed by atoms with Crippen molar-refractivity contribution >= 4 is 0 Å². The highest BCUT2D eigenvalue weighted by Crippen LogP contribution is 2.31. The summed E-state index contributed by atoms with van der Waals surface area (Å²) < 4.78 is 0. The fourth-order valence-electron chi connectivity index (χ4n) is 1.72. The molecule has 0 radical (unpaired) electrons. The molecule has 70 valence electrons. The minimum Gasteiger partial charge on any atom is -0.260 e. The Morgan fingerprint density at radius 3 is 2.86 bits per heavy atom. The van der Waals surface area contributed by atoms with Crippen LogP contribution in [0.25, 0.3) is 0 Å². The van der Waals surface area contributed by atoms with Gasteiger partial charge in [-0.25, -0.2) is 0 Å². The van der Waals surface area contributed by atoms with E-state index in [1.54, 1.807) is 0 Å². The summed E-state index contributed by atoms with van der Waals surface area (Å²) in [6.07, 6.45) is 13.2. The molecule has 1 unspecified atom stereocenters. The van der Waals surface area contributed by atoms with Crippen LogP contribution < -0.4 is 0 Å². The topological polar surface area (TPSA) is 12.9 Å². The zero-order chi connectivity index (χ0) is 9.86. The van der Waals surface area contributed by atoms with E-state index in [0.717, 1.165) is 12.1 Å². The van der Waals surface area contributed by atoms with Gasteiger partial charge in [-0.15, -0.1) is 6.58 Å². The Bertz CT molecular complexity index is 375. The molecule has 1 heteroatoms. The van der Waals surface area contributed by atoms with Gasteiger partial charge in [-0.1, -0.05) is 36.4 Å². The molecule has 0 saturated heterocycles. The molecule has 1 atom stereocenters. The van der Waals surface area contributed by atoms with Crippen molar-refractivity contribution in [3.05, 3.63) is 67.0 Å². The van der Waals surface area contributed by atoms with Gasteiger partial charge in [0.2, 0.25) is 0 Å². The maximum atomic E-state index is 4.39. The molecule has 0 N–H and O–H groups in total. The Morgan fingerprint density at radius 2 is 2.29 bits per heavy atom. The lowest BCUT2D eigenvalue weighted by Gasteiger charge is -2.26. The molecule has 1 aliphatic carbocycles. The Kier molecular flexibility index (Phi) is 2.32. The van der Waals surface area contributed by atoms with Crippen LogP contribution in [0.1, 0.15) is 12.1 Å². The van der Waals surface area contributed by atoms with Gasteiger partial charge in [0.25, 0.3) is 0 Å². The van der Waals surface area contributed by atoms with Crippen molar-refractivity contribution in [1.82, 2.24) is 4.98 Å². The highest BCUT2D eigenvalue weighted by atomic mass is 14.7. The Hall–Kier alpha value is -1.63. The van der Waals surface area contributed by atoms with E-state index in [4.69, 9.17) is 0 Å². The lowest BCUT2D eigenvalue weighted by atomic mass is 9.78. The van der Waals surface area contributed by atoms with Crippen molar-refractivity contribution in [3.8, 4) is 0 Å². The molecule has 0 spiro atoms. The van der Waals surface area contributed by atoms with Gasteiger partial charge in [-0.05, 0) is 18.6 Å². The van der Waals surface area contributed by atoms with Gasteiger partial charge in [-0.3, -0.25) is 4.98 Å². The van der Waals surface area contributed by atoms with E-state index >= 15 is 0 Å². The van der Waals surface area contributed by atoms with Crippen molar-refractivity contribution in [1.29, 1.82) is 0 Å². The third-order valence-corrected chi connectivity index (χ3v) is 2.60. The monoisotopic (exact) mass is 183 g/mol. The van der Waals surface area contributed by atoms with Crippen molar-refractivity contribution in [2.45, 2.75) is 11.8 Å². The van der Waals surface area contributed by atoms with E-state index in [1.165, 1.54) is 0 Å². The molecule has 1 aliphatic rings. The molecule has 0 fully saturated rings. The van der Waals surface area contributed by atoms with Crippen molar-refractivity contribution in [3.63, 3.8) is 0 Å². The van der Waals surface area contributed by atoms with E-state index in [9.17, 15) is 0 Å². The lowest BCUT2D eigenvalue weighted by Crippen LogP contribution is -2.22. The quantitative estimate of drug-likeness (QED) is 0.642. The van der Waals surface area contributed by atoms with Crippen LogP contribution in [0.3, 0.4) is 0 Å². The Balaban J connectivity index is 2.44. The third kappa shape index (κ3) is 1.41. The number of hydrogen-bond donors (Lipinski definition) is 0. The second-order valence-corrected chi connectivity index (χ2v) is 3.45. The minimum absolute atomic E-state index is 0.101. The number of allylic oxidation sites excluding steroid dienone is 5. The van der Waals surface area contributed by atoms with Crippen LogP contribution in [0.15, 0.2) is 61.4 Å². The van der Waals surface area contributed by atoms with E-state index in [0.29, 0.717) is 0 Å². The molecule has 0 aromatic carbocycles. The SMILES string of the molecule is C=CC1(c2ccccn2)C=CC=CC1. The number of nitrogens with zero attached hydrogens (tertiary/aromatic N) is 1. The molecule has 0 bridgehead atoms. The van der Waals surface area contributed by atoms with E-state index in [1.807, 2.05) is 30.5 Å². The second kappa shape index (κ2) is 3.62. The molecule has 1 aromatic rings. The van der Waals surface area contributed by atoms with E-state index in [2.05, 4.69) is 35.9 Å². The first-order valence-electron chi connectivity index (χ1n) is 4.77. The molecule has 0 saturated carbocycles. The molecular formula is C13H13N. The standard InChI is InChI=1S/C13H13N/c1-2-13(9-5-3-6-10-13)12-8-4-7-11-14-12/h2-9,11H,1,10H2. The van der Waals surface area contributed by atoms with Gasteiger partial charge in [0.15, 0.2) is 0 Å². The van der Waals surface area contributed by atoms with Crippen LogP contribution in [-0.2, 0) is 5.41 Å². The van der Waals surface area contributed by atoms with E-state index < -0.39 is 0 Å². The Labute approximate surface area is 84.5 Å². The number of pyridine rings is 1. The third-order valence-electron chi connectivity index (χ3n) is 2.60. The highest BCUT2D eigenvalue weighted by Gasteiger charge is 2.26. The first-order valence-corrected chi connectivity index (χ1v) is 4.77. The number of hydrogen-bond acceptors (Lipinski definition) is 1. The summed E-state index contributed by atoms with van der Waals surface area (Å²) >= 11 is 0. The largest absolute Gasteiger partial charge is 0.260 e. The number of aromatic nitrogens is 1. The van der Waals surface area contributed by atoms with Crippen LogP contribution in [0.5, 0.6) is 0 Å². The summed E-state index contributed by atoms with van der Waals surface area (Å²) in [5.41, 5.74) is 0.964. The van der Waals surface area contributed by atoms with Gasteiger partial charge < -0.3 is 0 Å². The average Bonchev–Trinajstić information content (AvgIpc) is 2.31. The molecule has 2 rings (SSSR count). The van der Waals surface area contributed by atoms with Crippen LogP contribution in [-0.4, -0.2) is 4.98 Å². The highest BCUT2D eigenvalue weighted by molar-refractivity contribution is 5.36. The normalized spacial score (nSPS) is 24.9. The zero-order valence-corrected chi connectivity index (χ0v) is 8.06. The van der Waals surface area contributed by atoms with Gasteiger partial charge in [0, 0.05) is 6.20 Å². The summed E-state index contributed by atoms with van der Waals surface area (Å²) in [6.45, 7) is 3.91. The molecule has 14 heavy (non-hydrogen) atoms. The summed E-state index contributed by atoms with van der Waals surface area (Å²) in [4.78, 5) is 4.39. The van der Waals surface area contributed by atoms with E-state index in [-0.39, 0.29) is 5.41 Å². The van der Waals surface area contributed by atoms with Crippen molar-refractivity contribution in [2.24, 2.45) is 0 Å². The second-order valence-electron chi connectivity index (χ2n) is 3.45. The summed E-state index contributed by atoms with van der Waals surface area (Å²) in [7, 11) is 0. The zero-order valence-electron chi connectivity index (χ0n) is 8.06. The molecular weight excluding hydrogens is 170 g/mol. The average molecular weight is 183 g/mol. The van der Waals surface area contributed by atoms with Crippen LogP contribution >= 0.6 is 0 Å². The molecule has 1 nitrogen and oxygen atoms in total. The predicted octanol–water partition coefficient (Wildman–Crippen LogP) is 3.02. The molecule has 1 aromatic heterocycles. The fraction of sp³-hybridized carbons (Fsp3) is 0.154. The van der Waals surface area contributed by atoms with Crippen LogP contribution in [0, 0.1) is 0 Å². The Morgan fingerprint density at radius 1 is 1.36 bits per heavy atom. The summed E-state index contributed by atoms with van der Waals surface area (Å²) in [5.74, 6) is 0. The summed E-state index contributed by atoms with van der Waals surface area (Å²) in [5, 5.41) is 0. The first kappa shape index (κ1) is 8.95. The van der Waals surface area contributed by atoms with Gasteiger partial charge in [0.05, 0.1) is 11.1 Å². The molecule has 0 aliphatic heterocycles. The maximum Gasteiger partial charge on any atom is 0.0544 e. The van der Waals surface area contributed by atoms with Gasteiger partial charge >= 0.3 is 0 Å². The predicted molar refractivity (Wildman–Crippen MR) is 59.0 cm³/mol. The fourth-order valence-corrected chi connectivity index (χ4v) is 1.72. The van der Waals surface area contributed by atoms with Gasteiger partial charge in [0.1, 0.15) is 0 Å². The van der Waals surface area contributed by atoms with Gasteiger partial charge in [-0.2, -0.15) is 0 Å². The first-order chi connectivity index (χ1) is 6.87.